The van der Waals surface area contributed by atoms with Crippen molar-refractivity contribution in [2.45, 2.75) is 50.9 Å². The van der Waals surface area contributed by atoms with Gasteiger partial charge in [0.1, 0.15) is 0 Å². The molecule has 2 rings (SSSR count). The predicted molar refractivity (Wildman–Crippen MR) is 67.6 cm³/mol. The lowest BCUT2D eigenvalue weighted by Crippen LogP contribution is -2.46. The number of nitrogens with one attached hydrogen (secondary N) is 1. The maximum absolute atomic E-state index is 13.0. The van der Waals surface area contributed by atoms with E-state index < -0.39 is 18.1 Å². The molecule has 5 heteroatoms. The van der Waals surface area contributed by atoms with E-state index in [1.807, 2.05) is 19.1 Å². The number of pyridine rings is 1. The second-order valence-electron chi connectivity index (χ2n) is 5.18. The molecule has 106 valence electrons. The Bertz CT molecular complexity index is 391. The summed E-state index contributed by atoms with van der Waals surface area (Å²) in [7, 11) is 0. The van der Waals surface area contributed by atoms with Gasteiger partial charge < -0.3 is 5.32 Å². The Balaban J connectivity index is 2.04. The molecule has 1 aromatic rings. The molecule has 2 nitrogen and oxygen atoms in total. The molecule has 1 saturated carbocycles. The smallest absolute Gasteiger partial charge is 0.305 e. The average Bonchev–Trinajstić information content (AvgIpc) is 2.39. The van der Waals surface area contributed by atoms with Crippen molar-refractivity contribution in [3.05, 3.63) is 30.1 Å². The third-order valence-electron chi connectivity index (χ3n) is 3.78. The first kappa shape index (κ1) is 14.3. The summed E-state index contributed by atoms with van der Waals surface area (Å²) in [4.78, 5) is 4.19. The molecule has 19 heavy (non-hydrogen) atoms. The summed E-state index contributed by atoms with van der Waals surface area (Å²) in [6, 6.07) is 4.83. The van der Waals surface area contributed by atoms with Gasteiger partial charge in [-0.2, -0.15) is 13.2 Å². The highest BCUT2D eigenvalue weighted by atomic mass is 19.4. The van der Waals surface area contributed by atoms with Crippen molar-refractivity contribution in [3.8, 4) is 0 Å². The first-order valence-corrected chi connectivity index (χ1v) is 6.72. The van der Waals surface area contributed by atoms with Gasteiger partial charge in [-0.3, -0.25) is 4.98 Å². The molecule has 2 unspecified atom stereocenters. The SMILES string of the molecule is C[C@@H](NC1CCCCC1C(F)(F)F)c1ccccn1. The van der Waals surface area contributed by atoms with E-state index in [1.54, 1.807) is 12.3 Å². The van der Waals surface area contributed by atoms with Crippen molar-refractivity contribution in [2.75, 3.05) is 0 Å². The summed E-state index contributed by atoms with van der Waals surface area (Å²) in [5.41, 5.74) is 0.786. The molecule has 0 bridgehead atoms. The number of aromatic nitrogens is 1. The molecule has 1 aliphatic rings. The Labute approximate surface area is 111 Å². The van der Waals surface area contributed by atoms with Gasteiger partial charge in [0.05, 0.1) is 11.6 Å². The lowest BCUT2D eigenvalue weighted by Gasteiger charge is -2.35. The number of rotatable bonds is 3. The van der Waals surface area contributed by atoms with Gasteiger partial charge in [0.2, 0.25) is 0 Å². The zero-order chi connectivity index (χ0) is 13.9. The van der Waals surface area contributed by atoms with E-state index in [0.717, 1.165) is 12.1 Å². The summed E-state index contributed by atoms with van der Waals surface area (Å²) >= 11 is 0. The van der Waals surface area contributed by atoms with E-state index in [4.69, 9.17) is 0 Å². The van der Waals surface area contributed by atoms with Gasteiger partial charge in [0, 0.05) is 18.3 Å². The minimum absolute atomic E-state index is 0.158. The molecule has 0 radical (unpaired) electrons. The van der Waals surface area contributed by atoms with Gasteiger partial charge in [0.15, 0.2) is 0 Å². The lowest BCUT2D eigenvalue weighted by molar-refractivity contribution is -0.189. The fraction of sp³-hybridized carbons (Fsp3) is 0.643. The standard InChI is InChI=1S/C14H19F3N2/c1-10(12-7-4-5-9-18-12)19-13-8-3-2-6-11(13)14(15,16)17/h4-5,7,9-11,13,19H,2-3,6,8H2,1H3/t10-,11?,13?/m1/s1. The molecule has 0 aliphatic heterocycles. The summed E-state index contributed by atoms with van der Waals surface area (Å²) in [5, 5.41) is 3.11. The molecule has 0 aromatic carbocycles. The largest absolute Gasteiger partial charge is 0.393 e. The molecule has 0 amide bonds. The number of halogens is 3. The van der Waals surface area contributed by atoms with Crippen molar-refractivity contribution in [2.24, 2.45) is 5.92 Å². The van der Waals surface area contributed by atoms with Gasteiger partial charge in [-0.1, -0.05) is 18.9 Å². The topological polar surface area (TPSA) is 24.9 Å². The van der Waals surface area contributed by atoms with E-state index in [0.29, 0.717) is 12.8 Å². The maximum atomic E-state index is 13.0. The highest BCUT2D eigenvalue weighted by Crippen LogP contribution is 2.38. The Morgan fingerprint density at radius 1 is 1.26 bits per heavy atom. The van der Waals surface area contributed by atoms with Crippen LogP contribution in [0.3, 0.4) is 0 Å². The summed E-state index contributed by atoms with van der Waals surface area (Å²) in [6.07, 6.45) is -0.103. The van der Waals surface area contributed by atoms with Crippen LogP contribution >= 0.6 is 0 Å². The van der Waals surface area contributed by atoms with E-state index in [9.17, 15) is 13.2 Å². The fourth-order valence-electron chi connectivity index (χ4n) is 2.76. The van der Waals surface area contributed by atoms with Crippen LogP contribution in [-0.4, -0.2) is 17.2 Å². The Morgan fingerprint density at radius 3 is 2.63 bits per heavy atom. The van der Waals surface area contributed by atoms with Crippen LogP contribution in [0.1, 0.15) is 44.3 Å². The molecule has 1 N–H and O–H groups in total. The molecule has 0 saturated heterocycles. The van der Waals surface area contributed by atoms with Gasteiger partial charge in [-0.05, 0) is 31.9 Å². The number of alkyl halides is 3. The first-order valence-electron chi connectivity index (χ1n) is 6.72. The average molecular weight is 272 g/mol. The van der Waals surface area contributed by atoms with Crippen LogP contribution in [-0.2, 0) is 0 Å². The highest BCUT2D eigenvalue weighted by Gasteiger charge is 2.45. The second-order valence-corrected chi connectivity index (χ2v) is 5.18. The maximum Gasteiger partial charge on any atom is 0.393 e. The predicted octanol–water partition coefficient (Wildman–Crippen LogP) is 3.85. The third kappa shape index (κ3) is 3.69. The quantitative estimate of drug-likeness (QED) is 0.904. The zero-order valence-electron chi connectivity index (χ0n) is 11.0. The normalized spacial score (nSPS) is 26.1. The second kappa shape index (κ2) is 5.90. The van der Waals surface area contributed by atoms with Crippen LogP contribution in [0.2, 0.25) is 0 Å². The van der Waals surface area contributed by atoms with E-state index in [1.165, 1.54) is 0 Å². The van der Waals surface area contributed by atoms with Crippen LogP contribution in [0.15, 0.2) is 24.4 Å². The minimum Gasteiger partial charge on any atom is -0.305 e. The molecule has 1 aromatic heterocycles. The zero-order valence-corrected chi connectivity index (χ0v) is 11.0. The van der Waals surface area contributed by atoms with E-state index in [-0.39, 0.29) is 12.5 Å². The molecule has 1 fully saturated rings. The van der Waals surface area contributed by atoms with Crippen LogP contribution in [0.4, 0.5) is 13.2 Å². The minimum atomic E-state index is -4.11. The van der Waals surface area contributed by atoms with E-state index in [2.05, 4.69) is 10.3 Å². The molecular formula is C14H19F3N2. The third-order valence-corrected chi connectivity index (χ3v) is 3.78. The van der Waals surface area contributed by atoms with Gasteiger partial charge in [-0.15, -0.1) is 0 Å². The summed E-state index contributed by atoms with van der Waals surface area (Å²) in [6.45, 7) is 1.87. The molecule has 0 spiro atoms. The van der Waals surface area contributed by atoms with Crippen LogP contribution in [0.25, 0.3) is 0 Å². The van der Waals surface area contributed by atoms with Gasteiger partial charge in [-0.25, -0.2) is 0 Å². The molecule has 1 aliphatic carbocycles. The van der Waals surface area contributed by atoms with Crippen LogP contribution in [0, 0.1) is 5.92 Å². The number of hydrogen-bond acceptors (Lipinski definition) is 2. The monoisotopic (exact) mass is 272 g/mol. The Morgan fingerprint density at radius 2 is 2.00 bits per heavy atom. The molecular weight excluding hydrogens is 253 g/mol. The lowest BCUT2D eigenvalue weighted by atomic mass is 9.83. The fourth-order valence-corrected chi connectivity index (χ4v) is 2.76. The molecule has 1 heterocycles. The first-order chi connectivity index (χ1) is 8.98. The Kier molecular flexibility index (Phi) is 4.45. The molecule has 3 atom stereocenters. The summed E-state index contributed by atoms with van der Waals surface area (Å²) < 4.78 is 39.0. The van der Waals surface area contributed by atoms with Crippen molar-refractivity contribution < 1.29 is 13.2 Å². The van der Waals surface area contributed by atoms with E-state index >= 15 is 0 Å². The van der Waals surface area contributed by atoms with Gasteiger partial charge in [0.25, 0.3) is 0 Å². The van der Waals surface area contributed by atoms with Crippen molar-refractivity contribution in [1.82, 2.24) is 10.3 Å². The highest BCUT2D eigenvalue weighted by molar-refractivity contribution is 5.08. The van der Waals surface area contributed by atoms with Gasteiger partial charge >= 0.3 is 6.18 Å². The Hall–Kier alpha value is -1.10. The summed E-state index contributed by atoms with van der Waals surface area (Å²) in [5.74, 6) is -1.23. The van der Waals surface area contributed by atoms with Crippen molar-refractivity contribution in [1.29, 1.82) is 0 Å². The number of hydrogen-bond donors (Lipinski definition) is 1. The van der Waals surface area contributed by atoms with Crippen molar-refractivity contribution in [3.63, 3.8) is 0 Å². The van der Waals surface area contributed by atoms with Crippen molar-refractivity contribution >= 4 is 0 Å². The van der Waals surface area contributed by atoms with Crippen LogP contribution < -0.4 is 5.32 Å². The number of nitrogens with zero attached hydrogens (tertiary/aromatic N) is 1. The van der Waals surface area contributed by atoms with Crippen LogP contribution in [0.5, 0.6) is 0 Å².